The van der Waals surface area contributed by atoms with Gasteiger partial charge in [-0.1, -0.05) is 48.5 Å². The van der Waals surface area contributed by atoms with Gasteiger partial charge in [-0.05, 0) is 48.7 Å². The predicted molar refractivity (Wildman–Crippen MR) is 119 cm³/mol. The molecule has 1 amide bonds. The van der Waals surface area contributed by atoms with E-state index in [1.54, 1.807) is 17.9 Å². The van der Waals surface area contributed by atoms with Crippen LogP contribution in [0.2, 0.25) is 5.02 Å². The third kappa shape index (κ3) is 3.97. The van der Waals surface area contributed by atoms with Gasteiger partial charge in [-0.25, -0.2) is 4.68 Å². The van der Waals surface area contributed by atoms with Crippen molar-refractivity contribution < 1.29 is 9.53 Å². The molecule has 0 bridgehead atoms. The first kappa shape index (κ1) is 20.6. The summed E-state index contributed by atoms with van der Waals surface area (Å²) in [5.41, 5.74) is 6.22. The summed E-state index contributed by atoms with van der Waals surface area (Å²) in [6.45, 7) is 3.96. The Hall–Kier alpha value is -2.71. The van der Waals surface area contributed by atoms with Crippen molar-refractivity contribution in [2.45, 2.75) is 36.7 Å². The van der Waals surface area contributed by atoms with E-state index in [-0.39, 0.29) is 11.9 Å². The maximum absolute atomic E-state index is 13.2. The molecule has 1 aliphatic heterocycles. The van der Waals surface area contributed by atoms with E-state index in [9.17, 15) is 4.79 Å². The zero-order chi connectivity index (χ0) is 21.3. The van der Waals surface area contributed by atoms with Gasteiger partial charge in [0.15, 0.2) is 0 Å². The largest absolute Gasteiger partial charge is 0.495 e. The lowest BCUT2D eigenvalue weighted by molar-refractivity contribution is -0.116. The molecule has 0 aliphatic carbocycles. The van der Waals surface area contributed by atoms with Gasteiger partial charge in [0, 0.05) is 5.69 Å². The normalized spacial score (nSPS) is 17.7. The average molecular weight is 444 g/mol. The van der Waals surface area contributed by atoms with Crippen LogP contribution < -0.4 is 15.5 Å². The van der Waals surface area contributed by atoms with E-state index in [0.29, 0.717) is 15.9 Å². The van der Waals surface area contributed by atoms with Crippen molar-refractivity contribution in [3.63, 3.8) is 0 Å². The number of carbonyl (C=O) groups is 1. The minimum Gasteiger partial charge on any atom is -0.495 e. The van der Waals surface area contributed by atoms with Crippen molar-refractivity contribution in [3.8, 4) is 5.75 Å². The third-order valence-electron chi connectivity index (χ3n) is 5.02. The number of ether oxygens (including phenoxy) is 1. The molecule has 1 aromatic heterocycles. The number of fused-ring (bicyclic) bond motifs is 1. The maximum atomic E-state index is 13.2. The summed E-state index contributed by atoms with van der Waals surface area (Å²) in [5, 5.41) is 12.0. The van der Waals surface area contributed by atoms with E-state index < -0.39 is 5.25 Å². The molecular weight excluding hydrogens is 422 g/mol. The number of hydrogen-bond donors (Lipinski definition) is 2. The van der Waals surface area contributed by atoms with E-state index >= 15 is 0 Å². The van der Waals surface area contributed by atoms with Crippen LogP contribution >= 0.6 is 23.4 Å². The number of methoxy groups -OCH3 is 1. The van der Waals surface area contributed by atoms with Crippen molar-refractivity contribution in [1.82, 2.24) is 14.9 Å². The van der Waals surface area contributed by atoms with E-state index in [0.717, 1.165) is 23.5 Å². The highest BCUT2D eigenvalue weighted by atomic mass is 35.5. The number of carbonyl (C=O) groups excluding carboxylic acids is 1. The van der Waals surface area contributed by atoms with E-state index in [4.69, 9.17) is 16.3 Å². The number of halogens is 1. The number of aryl methyl sites for hydroxylation is 2. The molecule has 2 heterocycles. The number of nitrogens with one attached hydrogen (secondary N) is 2. The Bertz CT molecular complexity index is 1070. The minimum absolute atomic E-state index is 0.124. The topological polar surface area (TPSA) is 81.1 Å². The molecule has 30 heavy (non-hydrogen) atoms. The van der Waals surface area contributed by atoms with Gasteiger partial charge < -0.3 is 15.5 Å². The molecule has 7 nitrogen and oxygen atoms in total. The number of amides is 1. The highest BCUT2D eigenvalue weighted by molar-refractivity contribution is 8.00. The molecular formula is C21H22ClN5O2S. The fraction of sp³-hybridized carbons (Fsp3) is 0.286. The Balaban J connectivity index is 1.65. The maximum Gasteiger partial charge on any atom is 0.240 e. The molecule has 2 atom stereocenters. The van der Waals surface area contributed by atoms with E-state index in [2.05, 4.69) is 27.9 Å². The molecule has 2 aromatic carbocycles. The summed E-state index contributed by atoms with van der Waals surface area (Å²) in [7, 11) is 1.57. The number of thioether (sulfide) groups is 1. The van der Waals surface area contributed by atoms with Gasteiger partial charge >= 0.3 is 0 Å². The monoisotopic (exact) mass is 443 g/mol. The first-order valence-electron chi connectivity index (χ1n) is 9.58. The standard InChI is InChI=1S/C21H22ClN5O2S/c1-4-13-5-8-15(9-6-13)23-20(28)19-18(14-7-10-17(29-3)16(22)11-14)26-27-12(2)24-25-21(27)30-19/h5-11,18-19,26H,4H2,1-3H3,(H,23,28)/t18-,19+/m1/s1. The molecule has 0 saturated carbocycles. The van der Waals surface area contributed by atoms with Crippen molar-refractivity contribution in [2.75, 3.05) is 17.9 Å². The molecule has 1 aliphatic rings. The lowest BCUT2D eigenvalue weighted by Crippen LogP contribution is -2.41. The van der Waals surface area contributed by atoms with Crippen molar-refractivity contribution in [3.05, 3.63) is 64.4 Å². The van der Waals surface area contributed by atoms with Gasteiger partial charge in [0.25, 0.3) is 0 Å². The molecule has 0 radical (unpaired) electrons. The highest BCUT2D eigenvalue weighted by Gasteiger charge is 2.37. The smallest absolute Gasteiger partial charge is 0.240 e. The molecule has 156 valence electrons. The fourth-order valence-electron chi connectivity index (χ4n) is 3.32. The van der Waals surface area contributed by atoms with Crippen LogP contribution in [0.5, 0.6) is 5.75 Å². The number of hydrogen-bond acceptors (Lipinski definition) is 6. The number of aromatic nitrogens is 3. The summed E-state index contributed by atoms with van der Waals surface area (Å²) < 4.78 is 7.06. The molecule has 3 aromatic rings. The Morgan fingerprint density at radius 1 is 1.27 bits per heavy atom. The Labute approximate surface area is 184 Å². The Morgan fingerprint density at radius 2 is 2.03 bits per heavy atom. The second-order valence-electron chi connectivity index (χ2n) is 6.94. The lowest BCUT2D eigenvalue weighted by atomic mass is 10.0. The van der Waals surface area contributed by atoms with Gasteiger partial charge in [-0.2, -0.15) is 0 Å². The quantitative estimate of drug-likeness (QED) is 0.614. The number of benzene rings is 2. The summed E-state index contributed by atoms with van der Waals surface area (Å²) in [6.07, 6.45) is 0.950. The summed E-state index contributed by atoms with van der Waals surface area (Å²) >= 11 is 7.73. The Morgan fingerprint density at radius 3 is 2.70 bits per heavy atom. The zero-order valence-corrected chi connectivity index (χ0v) is 18.4. The van der Waals surface area contributed by atoms with Crippen molar-refractivity contribution in [2.24, 2.45) is 0 Å². The van der Waals surface area contributed by atoms with Crippen LogP contribution in [0.3, 0.4) is 0 Å². The van der Waals surface area contributed by atoms with Gasteiger partial charge in [0.05, 0.1) is 18.2 Å². The molecule has 0 unspecified atom stereocenters. The van der Waals surface area contributed by atoms with Crippen LogP contribution in [0, 0.1) is 6.92 Å². The minimum atomic E-state index is -0.476. The Kier molecular flexibility index (Phi) is 5.87. The molecule has 0 spiro atoms. The SMILES string of the molecule is CCc1ccc(NC(=O)[C@H]2Sc3nnc(C)n3N[C@@H]2c2ccc(OC)c(Cl)c2)cc1. The van der Waals surface area contributed by atoms with Crippen LogP contribution in [0.15, 0.2) is 47.6 Å². The molecule has 0 saturated heterocycles. The van der Waals surface area contributed by atoms with Gasteiger partial charge in [-0.3, -0.25) is 4.79 Å². The van der Waals surface area contributed by atoms with Crippen LogP contribution in [-0.4, -0.2) is 33.1 Å². The second kappa shape index (κ2) is 8.57. The molecule has 4 rings (SSSR count). The summed E-state index contributed by atoms with van der Waals surface area (Å²) in [6, 6.07) is 13.1. The lowest BCUT2D eigenvalue weighted by Gasteiger charge is -2.33. The zero-order valence-electron chi connectivity index (χ0n) is 16.8. The summed E-state index contributed by atoms with van der Waals surface area (Å²) in [4.78, 5) is 13.2. The number of anilines is 1. The number of rotatable bonds is 5. The second-order valence-corrected chi connectivity index (χ2v) is 8.46. The molecule has 9 heteroatoms. The fourth-order valence-corrected chi connectivity index (χ4v) is 4.72. The van der Waals surface area contributed by atoms with Gasteiger partial charge in [0.2, 0.25) is 11.1 Å². The molecule has 2 N–H and O–H groups in total. The van der Waals surface area contributed by atoms with Crippen LogP contribution in [0.25, 0.3) is 0 Å². The van der Waals surface area contributed by atoms with E-state index in [1.807, 2.05) is 43.3 Å². The van der Waals surface area contributed by atoms with Crippen molar-refractivity contribution >= 4 is 35.0 Å². The predicted octanol–water partition coefficient (Wildman–Crippen LogP) is 4.21. The van der Waals surface area contributed by atoms with Crippen molar-refractivity contribution in [1.29, 1.82) is 0 Å². The third-order valence-corrected chi connectivity index (χ3v) is 6.53. The van der Waals surface area contributed by atoms with E-state index in [1.165, 1.54) is 17.3 Å². The molecule has 0 fully saturated rings. The highest BCUT2D eigenvalue weighted by Crippen LogP contribution is 2.39. The average Bonchev–Trinajstić information content (AvgIpc) is 3.13. The summed E-state index contributed by atoms with van der Waals surface area (Å²) in [5.74, 6) is 1.18. The first-order valence-corrected chi connectivity index (χ1v) is 10.8. The van der Waals surface area contributed by atoms with Crippen LogP contribution in [0.1, 0.15) is 29.9 Å². The number of nitrogens with zero attached hydrogens (tertiary/aromatic N) is 3. The first-order chi connectivity index (χ1) is 14.5. The van der Waals surface area contributed by atoms with Gasteiger partial charge in [0.1, 0.15) is 16.8 Å². The van der Waals surface area contributed by atoms with Gasteiger partial charge in [-0.15, -0.1) is 10.2 Å². The van der Waals surface area contributed by atoms with Crippen LogP contribution in [-0.2, 0) is 11.2 Å². The van der Waals surface area contributed by atoms with Crippen LogP contribution in [0.4, 0.5) is 5.69 Å².